The highest BCUT2D eigenvalue weighted by Gasteiger charge is 2.34. The predicted octanol–water partition coefficient (Wildman–Crippen LogP) is 3.31. The van der Waals surface area contributed by atoms with Crippen LogP contribution in [0.25, 0.3) is 11.0 Å². The number of hydrogen-bond acceptors (Lipinski definition) is 4. The Bertz CT molecular complexity index is 655. The number of thioether (sulfide) groups is 1. The van der Waals surface area contributed by atoms with Gasteiger partial charge in [0.1, 0.15) is 5.75 Å². The highest BCUT2D eigenvalue weighted by atomic mass is 32.2. The van der Waals surface area contributed by atoms with E-state index in [9.17, 15) is 9.90 Å². The molecule has 3 rings (SSSR count). The highest BCUT2D eigenvalue weighted by Crippen LogP contribution is 2.38. The Hall–Kier alpha value is -1.69. The zero-order chi connectivity index (χ0) is 14.8. The van der Waals surface area contributed by atoms with E-state index in [0.29, 0.717) is 6.61 Å². The van der Waals surface area contributed by atoms with Crippen molar-refractivity contribution >= 4 is 28.8 Å². The first-order valence-corrected chi connectivity index (χ1v) is 8.07. The smallest absolute Gasteiger partial charge is 0.307 e. The standard InChI is InChI=1S/C15H18N2O3S/c1-2-20-9-6-7-11-12(8-9)17-15(16-11)21-13-5-3-4-10(13)14(18)19/h6-8,10,13H,2-5H2,1H3,(H,16,17)(H,18,19). The van der Waals surface area contributed by atoms with Gasteiger partial charge in [-0.15, -0.1) is 0 Å². The van der Waals surface area contributed by atoms with Crippen LogP contribution in [0, 0.1) is 5.92 Å². The molecule has 0 spiro atoms. The maximum absolute atomic E-state index is 11.2. The van der Waals surface area contributed by atoms with Crippen LogP contribution in [-0.4, -0.2) is 32.9 Å². The third-order valence-electron chi connectivity index (χ3n) is 3.78. The summed E-state index contributed by atoms with van der Waals surface area (Å²) in [6.07, 6.45) is 2.67. The lowest BCUT2D eigenvalue weighted by Gasteiger charge is -2.12. The lowest BCUT2D eigenvalue weighted by atomic mass is 10.1. The second-order valence-corrected chi connectivity index (χ2v) is 6.41. The van der Waals surface area contributed by atoms with Gasteiger partial charge in [0.05, 0.1) is 23.6 Å². The molecule has 0 amide bonds. The number of benzene rings is 1. The molecule has 5 nitrogen and oxygen atoms in total. The minimum atomic E-state index is -0.695. The zero-order valence-corrected chi connectivity index (χ0v) is 12.7. The maximum Gasteiger partial charge on any atom is 0.307 e. The normalized spacial score (nSPS) is 21.8. The van der Waals surface area contributed by atoms with Gasteiger partial charge in [0.25, 0.3) is 0 Å². The van der Waals surface area contributed by atoms with Gasteiger partial charge in [-0.1, -0.05) is 18.2 Å². The Labute approximate surface area is 127 Å². The van der Waals surface area contributed by atoms with E-state index in [1.807, 2.05) is 25.1 Å². The van der Waals surface area contributed by atoms with Crippen LogP contribution >= 0.6 is 11.8 Å². The number of aliphatic carboxylic acids is 1. The monoisotopic (exact) mass is 306 g/mol. The molecular formula is C15H18N2O3S. The Kier molecular flexibility index (Phi) is 4.05. The van der Waals surface area contributed by atoms with Crippen LogP contribution in [-0.2, 0) is 4.79 Å². The van der Waals surface area contributed by atoms with E-state index < -0.39 is 5.97 Å². The summed E-state index contributed by atoms with van der Waals surface area (Å²) >= 11 is 1.54. The molecule has 2 aromatic rings. The van der Waals surface area contributed by atoms with E-state index in [-0.39, 0.29) is 11.2 Å². The topological polar surface area (TPSA) is 75.2 Å². The van der Waals surface area contributed by atoms with Crippen LogP contribution in [0.15, 0.2) is 23.4 Å². The average Bonchev–Trinajstić information content (AvgIpc) is 3.05. The average molecular weight is 306 g/mol. The molecule has 0 bridgehead atoms. The van der Waals surface area contributed by atoms with Crippen molar-refractivity contribution in [2.24, 2.45) is 5.92 Å². The van der Waals surface area contributed by atoms with E-state index in [1.54, 1.807) is 11.8 Å². The molecule has 1 aliphatic rings. The van der Waals surface area contributed by atoms with Gasteiger partial charge in [-0.25, -0.2) is 4.98 Å². The third-order valence-corrected chi connectivity index (χ3v) is 5.06. The van der Waals surface area contributed by atoms with E-state index in [2.05, 4.69) is 9.97 Å². The number of aromatic amines is 1. The van der Waals surface area contributed by atoms with Crippen molar-refractivity contribution in [3.05, 3.63) is 18.2 Å². The molecule has 21 heavy (non-hydrogen) atoms. The summed E-state index contributed by atoms with van der Waals surface area (Å²) in [5.41, 5.74) is 1.80. The summed E-state index contributed by atoms with van der Waals surface area (Å²) in [7, 11) is 0. The SMILES string of the molecule is CCOc1ccc2nc(SC3CCCC3C(=O)O)[nH]c2c1. The number of carbonyl (C=O) groups is 1. The van der Waals surface area contributed by atoms with Gasteiger partial charge in [-0.3, -0.25) is 4.79 Å². The number of nitrogens with zero attached hydrogens (tertiary/aromatic N) is 1. The summed E-state index contributed by atoms with van der Waals surface area (Å²) in [5.74, 6) is -0.142. The number of H-pyrrole nitrogens is 1. The molecule has 2 N–H and O–H groups in total. The molecule has 1 aromatic heterocycles. The molecule has 6 heteroatoms. The molecule has 1 fully saturated rings. The van der Waals surface area contributed by atoms with E-state index in [4.69, 9.17) is 4.74 Å². The molecule has 0 radical (unpaired) electrons. The fourth-order valence-corrected chi connectivity index (χ4v) is 4.08. The second kappa shape index (κ2) is 5.97. The van der Waals surface area contributed by atoms with Crippen LogP contribution in [0.3, 0.4) is 0 Å². The first kappa shape index (κ1) is 14.3. The molecule has 2 unspecified atom stereocenters. The summed E-state index contributed by atoms with van der Waals surface area (Å²) in [5, 5.41) is 10.1. The molecule has 1 aromatic carbocycles. The van der Waals surface area contributed by atoms with Crippen molar-refractivity contribution in [3.8, 4) is 5.75 Å². The second-order valence-electron chi connectivity index (χ2n) is 5.19. The summed E-state index contributed by atoms with van der Waals surface area (Å²) < 4.78 is 5.47. The Morgan fingerprint density at radius 3 is 3.14 bits per heavy atom. The van der Waals surface area contributed by atoms with Gasteiger partial charge in [0.15, 0.2) is 5.16 Å². The molecule has 2 atom stereocenters. The number of ether oxygens (including phenoxy) is 1. The van der Waals surface area contributed by atoms with Crippen molar-refractivity contribution in [3.63, 3.8) is 0 Å². The van der Waals surface area contributed by atoms with Crippen LogP contribution in [0.5, 0.6) is 5.75 Å². The fourth-order valence-electron chi connectivity index (χ4n) is 2.77. The number of aromatic nitrogens is 2. The first-order valence-electron chi connectivity index (χ1n) is 7.19. The minimum Gasteiger partial charge on any atom is -0.494 e. The fraction of sp³-hybridized carbons (Fsp3) is 0.467. The number of carboxylic acids is 1. The van der Waals surface area contributed by atoms with Crippen LogP contribution in [0.2, 0.25) is 0 Å². The lowest BCUT2D eigenvalue weighted by Crippen LogP contribution is -2.20. The number of rotatable bonds is 5. The third kappa shape index (κ3) is 3.00. The van der Waals surface area contributed by atoms with E-state index in [1.165, 1.54) is 0 Å². The van der Waals surface area contributed by atoms with Crippen molar-refractivity contribution in [1.29, 1.82) is 0 Å². The van der Waals surface area contributed by atoms with E-state index in [0.717, 1.165) is 41.2 Å². The Balaban J connectivity index is 1.79. The lowest BCUT2D eigenvalue weighted by molar-refractivity contribution is -0.141. The van der Waals surface area contributed by atoms with Gasteiger partial charge < -0.3 is 14.8 Å². The van der Waals surface area contributed by atoms with Gasteiger partial charge in [0.2, 0.25) is 0 Å². The first-order chi connectivity index (χ1) is 10.2. The summed E-state index contributed by atoms with van der Waals surface area (Å²) in [4.78, 5) is 19.0. The molecular weight excluding hydrogens is 288 g/mol. The molecule has 0 saturated heterocycles. The zero-order valence-electron chi connectivity index (χ0n) is 11.8. The molecule has 1 saturated carbocycles. The molecule has 1 aliphatic carbocycles. The van der Waals surface area contributed by atoms with E-state index >= 15 is 0 Å². The van der Waals surface area contributed by atoms with Gasteiger partial charge in [-0.2, -0.15) is 0 Å². The van der Waals surface area contributed by atoms with Gasteiger partial charge in [0, 0.05) is 11.3 Å². The number of carboxylic acid groups (broad SMARTS) is 1. The summed E-state index contributed by atoms with van der Waals surface area (Å²) in [6.45, 7) is 2.58. The number of hydrogen-bond donors (Lipinski definition) is 2. The van der Waals surface area contributed by atoms with Crippen molar-refractivity contribution in [1.82, 2.24) is 9.97 Å². The minimum absolute atomic E-state index is 0.106. The Morgan fingerprint density at radius 1 is 1.52 bits per heavy atom. The van der Waals surface area contributed by atoms with Crippen LogP contribution < -0.4 is 4.74 Å². The van der Waals surface area contributed by atoms with Gasteiger partial charge >= 0.3 is 5.97 Å². The predicted molar refractivity (Wildman–Crippen MR) is 81.9 cm³/mol. The maximum atomic E-state index is 11.2. The molecule has 0 aliphatic heterocycles. The molecule has 112 valence electrons. The van der Waals surface area contributed by atoms with Gasteiger partial charge in [-0.05, 0) is 31.9 Å². The van der Waals surface area contributed by atoms with Crippen LogP contribution in [0.4, 0.5) is 0 Å². The van der Waals surface area contributed by atoms with Crippen molar-refractivity contribution in [2.75, 3.05) is 6.61 Å². The number of imidazole rings is 1. The largest absolute Gasteiger partial charge is 0.494 e. The van der Waals surface area contributed by atoms with Crippen LogP contribution in [0.1, 0.15) is 26.2 Å². The van der Waals surface area contributed by atoms with Crippen molar-refractivity contribution in [2.45, 2.75) is 36.6 Å². The van der Waals surface area contributed by atoms with Crippen molar-refractivity contribution < 1.29 is 14.6 Å². The number of nitrogens with one attached hydrogen (secondary N) is 1. The highest BCUT2D eigenvalue weighted by molar-refractivity contribution is 7.99. The quantitative estimate of drug-likeness (QED) is 0.886. The summed E-state index contributed by atoms with van der Waals surface area (Å²) in [6, 6.07) is 5.75. The molecule has 1 heterocycles. The Morgan fingerprint density at radius 2 is 2.38 bits per heavy atom. The number of fused-ring (bicyclic) bond motifs is 1.